The van der Waals surface area contributed by atoms with Crippen molar-refractivity contribution < 1.29 is 28.7 Å². The lowest BCUT2D eigenvalue weighted by Gasteiger charge is -2.08. The molecule has 8 nitrogen and oxygen atoms in total. The van der Waals surface area contributed by atoms with Crippen LogP contribution in [0.1, 0.15) is 27.6 Å². The van der Waals surface area contributed by atoms with E-state index in [-0.39, 0.29) is 12.3 Å². The van der Waals surface area contributed by atoms with Crippen LogP contribution in [-0.4, -0.2) is 43.8 Å². The average molecular weight is 384 g/mol. The van der Waals surface area contributed by atoms with Gasteiger partial charge in [-0.3, -0.25) is 19.2 Å². The highest BCUT2D eigenvalue weighted by molar-refractivity contribution is 5.98. The molecule has 0 aliphatic carbocycles. The molecule has 0 saturated heterocycles. The molecule has 0 atom stereocenters. The van der Waals surface area contributed by atoms with E-state index in [0.29, 0.717) is 22.6 Å². The summed E-state index contributed by atoms with van der Waals surface area (Å²) in [6.45, 7) is 0.518. The van der Waals surface area contributed by atoms with Crippen molar-refractivity contribution in [3.8, 4) is 5.75 Å². The van der Waals surface area contributed by atoms with Crippen LogP contribution in [0.2, 0.25) is 0 Å². The Morgan fingerprint density at radius 1 is 0.964 bits per heavy atom. The van der Waals surface area contributed by atoms with Gasteiger partial charge in [-0.05, 0) is 37.3 Å². The number of hydrogen-bond donors (Lipinski definition) is 2. The second kappa shape index (κ2) is 9.86. The van der Waals surface area contributed by atoms with Crippen molar-refractivity contribution in [3.63, 3.8) is 0 Å². The van der Waals surface area contributed by atoms with Gasteiger partial charge in [0.25, 0.3) is 11.8 Å². The molecular weight excluding hydrogens is 364 g/mol. The zero-order valence-corrected chi connectivity index (χ0v) is 15.5. The predicted octanol–water partition coefficient (Wildman–Crippen LogP) is 1.81. The molecule has 28 heavy (non-hydrogen) atoms. The molecule has 2 N–H and O–H groups in total. The number of hydrogen-bond acceptors (Lipinski definition) is 6. The fraction of sp³-hybridized carbons (Fsp3) is 0.200. The number of anilines is 1. The van der Waals surface area contributed by atoms with Crippen LogP contribution in [0.5, 0.6) is 5.75 Å². The number of ketones is 1. The number of benzene rings is 2. The Labute approximate surface area is 161 Å². The molecule has 0 fully saturated rings. The largest absolute Gasteiger partial charge is 0.497 e. The van der Waals surface area contributed by atoms with Crippen LogP contribution in [0, 0.1) is 0 Å². The highest BCUT2D eigenvalue weighted by Gasteiger charge is 2.12. The van der Waals surface area contributed by atoms with Crippen LogP contribution in [-0.2, 0) is 14.3 Å². The van der Waals surface area contributed by atoms with Crippen LogP contribution in [0.4, 0.5) is 5.69 Å². The van der Waals surface area contributed by atoms with Gasteiger partial charge in [0.05, 0.1) is 7.11 Å². The number of ether oxygens (including phenoxy) is 2. The molecule has 0 saturated carbocycles. The molecule has 146 valence electrons. The van der Waals surface area contributed by atoms with Crippen molar-refractivity contribution in [1.82, 2.24) is 5.32 Å². The number of carbonyl (C=O) groups excluding carboxylic acids is 4. The van der Waals surface area contributed by atoms with Crippen LogP contribution in [0.3, 0.4) is 0 Å². The number of amides is 2. The van der Waals surface area contributed by atoms with Crippen molar-refractivity contribution in [2.24, 2.45) is 0 Å². The molecule has 8 heteroatoms. The van der Waals surface area contributed by atoms with Gasteiger partial charge in [-0.2, -0.15) is 0 Å². The van der Waals surface area contributed by atoms with E-state index in [1.54, 1.807) is 36.4 Å². The lowest BCUT2D eigenvalue weighted by molar-refractivity contribution is -0.146. The lowest BCUT2D eigenvalue weighted by atomic mass is 10.1. The maximum atomic E-state index is 12.0. The first-order valence-electron chi connectivity index (χ1n) is 8.38. The van der Waals surface area contributed by atoms with Gasteiger partial charge in [0.2, 0.25) is 0 Å². The average Bonchev–Trinajstić information content (AvgIpc) is 2.70. The van der Waals surface area contributed by atoms with Crippen molar-refractivity contribution in [3.05, 3.63) is 59.7 Å². The molecule has 2 aromatic rings. The second-order valence-electron chi connectivity index (χ2n) is 5.76. The first-order valence-corrected chi connectivity index (χ1v) is 8.38. The Balaban J connectivity index is 1.77. The summed E-state index contributed by atoms with van der Waals surface area (Å²) in [5.74, 6) is -1.41. The molecule has 0 unspecified atom stereocenters. The van der Waals surface area contributed by atoms with Gasteiger partial charge in [-0.1, -0.05) is 18.2 Å². The van der Waals surface area contributed by atoms with Crippen LogP contribution < -0.4 is 15.4 Å². The van der Waals surface area contributed by atoms with E-state index in [0.717, 1.165) is 0 Å². The third-order valence-corrected chi connectivity index (χ3v) is 3.64. The zero-order chi connectivity index (χ0) is 20.5. The molecule has 0 radical (unpaired) electrons. The number of carbonyl (C=O) groups is 4. The second-order valence-corrected chi connectivity index (χ2v) is 5.76. The fourth-order valence-corrected chi connectivity index (χ4v) is 2.23. The Kier molecular flexibility index (Phi) is 7.27. The fourth-order valence-electron chi connectivity index (χ4n) is 2.23. The number of Topliss-reactive ketones (excluding diaryl/α,β-unsaturated/α-hetero) is 1. The van der Waals surface area contributed by atoms with Crippen molar-refractivity contribution in [1.29, 1.82) is 0 Å². The molecule has 0 bridgehead atoms. The summed E-state index contributed by atoms with van der Waals surface area (Å²) < 4.78 is 9.86. The van der Waals surface area contributed by atoms with Crippen LogP contribution >= 0.6 is 0 Å². The molecular formula is C20H20N2O6. The summed E-state index contributed by atoms with van der Waals surface area (Å²) in [4.78, 5) is 46.9. The molecule has 2 amide bonds. The van der Waals surface area contributed by atoms with Gasteiger partial charge in [0.1, 0.15) is 12.3 Å². The van der Waals surface area contributed by atoms with Crippen LogP contribution in [0.25, 0.3) is 0 Å². The quantitative estimate of drug-likeness (QED) is 0.530. The maximum Gasteiger partial charge on any atom is 0.325 e. The minimum Gasteiger partial charge on any atom is -0.497 e. The van der Waals surface area contributed by atoms with E-state index in [2.05, 4.69) is 10.6 Å². The van der Waals surface area contributed by atoms with Gasteiger partial charge in [-0.15, -0.1) is 0 Å². The maximum absolute atomic E-state index is 12.0. The molecule has 2 rings (SSSR count). The van der Waals surface area contributed by atoms with Gasteiger partial charge >= 0.3 is 5.97 Å². The lowest BCUT2D eigenvalue weighted by Crippen LogP contribution is -2.32. The highest BCUT2D eigenvalue weighted by atomic mass is 16.5. The number of nitrogens with one attached hydrogen (secondary N) is 2. The first kappa shape index (κ1) is 20.6. The van der Waals surface area contributed by atoms with E-state index < -0.39 is 24.4 Å². The zero-order valence-electron chi connectivity index (χ0n) is 15.5. The Hall–Kier alpha value is -3.68. The molecule has 0 aliphatic rings. The minimum atomic E-state index is -0.760. The Bertz CT molecular complexity index is 894. The number of rotatable bonds is 8. The van der Waals surface area contributed by atoms with E-state index in [1.807, 2.05) is 0 Å². The molecule has 0 heterocycles. The summed E-state index contributed by atoms with van der Waals surface area (Å²) in [7, 11) is 1.48. The first-order chi connectivity index (χ1) is 13.4. The molecule has 2 aromatic carbocycles. The van der Waals surface area contributed by atoms with Gasteiger partial charge < -0.3 is 20.1 Å². The van der Waals surface area contributed by atoms with E-state index in [4.69, 9.17) is 9.47 Å². The van der Waals surface area contributed by atoms with E-state index >= 15 is 0 Å². The van der Waals surface area contributed by atoms with Crippen molar-refractivity contribution in [2.45, 2.75) is 6.92 Å². The molecule has 0 aliphatic heterocycles. The third-order valence-electron chi connectivity index (χ3n) is 3.64. The number of methoxy groups -OCH3 is 1. The monoisotopic (exact) mass is 384 g/mol. The minimum absolute atomic E-state index is 0.130. The summed E-state index contributed by atoms with van der Waals surface area (Å²) >= 11 is 0. The summed E-state index contributed by atoms with van der Waals surface area (Å²) in [5.41, 5.74) is 1.20. The highest BCUT2D eigenvalue weighted by Crippen LogP contribution is 2.12. The Morgan fingerprint density at radius 3 is 2.39 bits per heavy atom. The van der Waals surface area contributed by atoms with Gasteiger partial charge in [-0.25, -0.2) is 0 Å². The standard InChI is InChI=1S/C20H20N2O6/c1-13(23)14-5-3-7-16(9-14)22-18(24)12-28-19(25)11-21-20(26)15-6-4-8-17(10-15)27-2/h3-10H,11-12H2,1-2H3,(H,21,26)(H,22,24). The van der Waals surface area contributed by atoms with Gasteiger partial charge in [0, 0.05) is 16.8 Å². The Morgan fingerprint density at radius 2 is 1.68 bits per heavy atom. The SMILES string of the molecule is COc1cccc(C(=O)NCC(=O)OCC(=O)Nc2cccc(C(C)=O)c2)c1. The summed E-state index contributed by atoms with van der Waals surface area (Å²) in [5, 5.41) is 4.93. The normalized spacial score (nSPS) is 9.93. The van der Waals surface area contributed by atoms with Crippen molar-refractivity contribution in [2.75, 3.05) is 25.6 Å². The third kappa shape index (κ3) is 6.24. The molecule has 0 aromatic heterocycles. The van der Waals surface area contributed by atoms with E-state index in [9.17, 15) is 19.2 Å². The van der Waals surface area contributed by atoms with Crippen LogP contribution in [0.15, 0.2) is 48.5 Å². The number of esters is 1. The smallest absolute Gasteiger partial charge is 0.325 e. The van der Waals surface area contributed by atoms with E-state index in [1.165, 1.54) is 26.2 Å². The van der Waals surface area contributed by atoms with Gasteiger partial charge in [0.15, 0.2) is 12.4 Å². The predicted molar refractivity (Wildman–Crippen MR) is 101 cm³/mol. The molecule has 0 spiro atoms. The van der Waals surface area contributed by atoms with Crippen molar-refractivity contribution >= 4 is 29.3 Å². The summed E-state index contributed by atoms with van der Waals surface area (Å²) in [6, 6.07) is 12.8. The topological polar surface area (TPSA) is 111 Å². The summed E-state index contributed by atoms with van der Waals surface area (Å²) in [6.07, 6.45) is 0.